The Kier molecular flexibility index (Phi) is 5.92. The predicted molar refractivity (Wildman–Crippen MR) is 92.2 cm³/mol. The largest absolute Gasteiger partial charge is 0.594 e. The first-order valence-electron chi connectivity index (χ1n) is 7.78. The minimum atomic E-state index is 0.449. The fraction of sp³-hybridized carbons (Fsp3) is 0.263. The summed E-state index contributed by atoms with van der Waals surface area (Å²) in [7, 11) is 0. The zero-order valence-corrected chi connectivity index (χ0v) is 13.6. The van der Waals surface area contributed by atoms with E-state index in [0.29, 0.717) is 27.9 Å². The number of ether oxygens (including phenoxy) is 1. The molecule has 0 aliphatic carbocycles. The van der Waals surface area contributed by atoms with Gasteiger partial charge in [-0.1, -0.05) is 43.8 Å². The second kappa shape index (κ2) is 8.13. The molecule has 23 heavy (non-hydrogen) atoms. The summed E-state index contributed by atoms with van der Waals surface area (Å²) in [6, 6.07) is 14.5. The monoisotopic (exact) mass is 310 g/mol. The summed E-state index contributed by atoms with van der Waals surface area (Å²) < 4.78 is 5.13. The molecule has 0 spiro atoms. The van der Waals surface area contributed by atoms with Crippen LogP contribution in [0, 0.1) is 11.1 Å². The molecule has 2 aromatic carbocycles. The van der Waals surface area contributed by atoms with Crippen LogP contribution in [-0.2, 0) is 6.42 Å². The fourth-order valence-electron chi connectivity index (χ4n) is 2.16. The van der Waals surface area contributed by atoms with Crippen molar-refractivity contribution in [3.05, 3.63) is 72.1 Å². The molecule has 0 amide bonds. The zero-order chi connectivity index (χ0) is 16.7. The van der Waals surface area contributed by atoms with Crippen molar-refractivity contribution < 1.29 is 9.60 Å². The highest BCUT2D eigenvalue weighted by atomic mass is 16.5. The number of azo groups is 1. The lowest BCUT2D eigenvalue weighted by atomic mass is 9.99. The van der Waals surface area contributed by atoms with E-state index in [0.717, 1.165) is 12.8 Å². The van der Waals surface area contributed by atoms with Crippen LogP contribution in [0.2, 0.25) is 0 Å². The van der Waals surface area contributed by atoms with Gasteiger partial charge in [0.1, 0.15) is 11.4 Å². The highest BCUT2D eigenvalue weighted by Gasteiger charge is 2.05. The minimum Gasteiger partial charge on any atom is -0.594 e. The van der Waals surface area contributed by atoms with Gasteiger partial charge in [-0.2, -0.15) is 0 Å². The molecule has 0 bridgehead atoms. The maximum absolute atomic E-state index is 12.1. The average Bonchev–Trinajstić information content (AvgIpc) is 2.57. The zero-order valence-electron chi connectivity index (χ0n) is 13.6. The number of rotatable bonds is 7. The van der Waals surface area contributed by atoms with Crippen molar-refractivity contribution in [3.8, 4) is 5.75 Å². The summed E-state index contributed by atoms with van der Waals surface area (Å²) >= 11 is 0. The van der Waals surface area contributed by atoms with E-state index >= 15 is 0 Å². The Balaban J connectivity index is 2.09. The molecule has 0 saturated carbocycles. The first-order valence-corrected chi connectivity index (χ1v) is 7.78. The molecule has 0 aliphatic heterocycles. The van der Waals surface area contributed by atoms with Gasteiger partial charge in [0.25, 0.3) is 0 Å². The van der Waals surface area contributed by atoms with Gasteiger partial charge in [-0.3, -0.25) is 0 Å². The van der Waals surface area contributed by atoms with Crippen LogP contribution in [0.3, 0.4) is 0 Å². The molecular weight excluding hydrogens is 288 g/mol. The van der Waals surface area contributed by atoms with Gasteiger partial charge >= 0.3 is 0 Å². The van der Waals surface area contributed by atoms with Gasteiger partial charge in [0.2, 0.25) is 5.69 Å². The molecule has 0 saturated heterocycles. The molecule has 0 heterocycles. The van der Waals surface area contributed by atoms with Crippen molar-refractivity contribution in [3.63, 3.8) is 0 Å². The van der Waals surface area contributed by atoms with Gasteiger partial charge in [-0.25, -0.2) is 0 Å². The van der Waals surface area contributed by atoms with Crippen LogP contribution >= 0.6 is 0 Å². The van der Waals surface area contributed by atoms with Gasteiger partial charge in [0.05, 0.1) is 6.26 Å². The Labute approximate surface area is 137 Å². The topological polar surface area (TPSA) is 47.7 Å². The molecule has 2 rings (SSSR count). The third-order valence-corrected chi connectivity index (χ3v) is 3.70. The summed E-state index contributed by atoms with van der Waals surface area (Å²) in [5.74, 6) is 1.29. The summed E-state index contributed by atoms with van der Waals surface area (Å²) in [5.41, 5.74) is 2.35. The summed E-state index contributed by atoms with van der Waals surface area (Å²) in [6.45, 7) is 7.91. The Morgan fingerprint density at radius 1 is 1.17 bits per heavy atom. The molecule has 2 aromatic rings. The molecule has 1 atom stereocenters. The van der Waals surface area contributed by atoms with Crippen molar-refractivity contribution in [1.82, 2.24) is 0 Å². The first kappa shape index (κ1) is 16.7. The lowest BCUT2D eigenvalue weighted by Gasteiger charge is -2.07. The molecule has 0 N–H and O–H groups in total. The molecule has 0 fully saturated rings. The molecule has 120 valence electrons. The van der Waals surface area contributed by atoms with Crippen molar-refractivity contribution in [2.24, 2.45) is 11.0 Å². The van der Waals surface area contributed by atoms with Crippen LogP contribution in [0.1, 0.15) is 25.8 Å². The Bertz CT molecular complexity index is 661. The number of nitrogens with zero attached hydrogens (tertiary/aromatic N) is 2. The van der Waals surface area contributed by atoms with Crippen LogP contribution in [0.4, 0.5) is 11.4 Å². The average molecular weight is 310 g/mol. The molecule has 4 nitrogen and oxygen atoms in total. The van der Waals surface area contributed by atoms with Crippen LogP contribution in [0.5, 0.6) is 5.75 Å². The quantitative estimate of drug-likeness (QED) is 0.284. The lowest BCUT2D eigenvalue weighted by molar-refractivity contribution is -0.435. The number of hydrogen-bond acceptors (Lipinski definition) is 3. The standard InChI is InChI=1S/C19H22N2O2/c1-4-15(3)14-16-6-8-17(9-7-16)20-21(22)18-10-12-19(13-11-18)23-5-2/h5-13,15H,2,4,14H2,1,3H3. The third kappa shape index (κ3) is 4.95. The van der Waals surface area contributed by atoms with Crippen LogP contribution in [0.15, 0.2) is 66.5 Å². The van der Waals surface area contributed by atoms with Gasteiger partial charge in [-0.15, -0.1) is 0 Å². The van der Waals surface area contributed by atoms with Crippen LogP contribution in [0.25, 0.3) is 0 Å². The minimum absolute atomic E-state index is 0.449. The fourth-order valence-corrected chi connectivity index (χ4v) is 2.16. The van der Waals surface area contributed by atoms with E-state index in [1.54, 1.807) is 24.3 Å². The van der Waals surface area contributed by atoms with Gasteiger partial charge in [0.15, 0.2) is 0 Å². The van der Waals surface area contributed by atoms with E-state index in [-0.39, 0.29) is 0 Å². The highest BCUT2D eigenvalue weighted by Crippen LogP contribution is 2.22. The van der Waals surface area contributed by atoms with Gasteiger partial charge in [0, 0.05) is 17.2 Å². The number of benzene rings is 2. The maximum Gasteiger partial charge on any atom is 0.245 e. The Morgan fingerprint density at radius 3 is 2.39 bits per heavy atom. The molecule has 4 heteroatoms. The van der Waals surface area contributed by atoms with E-state index in [1.165, 1.54) is 11.8 Å². The van der Waals surface area contributed by atoms with Crippen LogP contribution in [-0.4, -0.2) is 4.86 Å². The molecular formula is C19H22N2O2. The Hall–Kier alpha value is -2.62. The van der Waals surface area contributed by atoms with Gasteiger partial charge < -0.3 is 9.94 Å². The summed E-state index contributed by atoms with van der Waals surface area (Å²) in [5, 5.41) is 16.1. The summed E-state index contributed by atoms with van der Waals surface area (Å²) in [4.78, 5) is 0.612. The maximum atomic E-state index is 12.1. The van der Waals surface area contributed by atoms with Crippen LogP contribution < -0.4 is 4.74 Å². The number of hydrogen-bond donors (Lipinski definition) is 0. The van der Waals surface area contributed by atoms with E-state index in [4.69, 9.17) is 4.74 Å². The molecule has 0 aliphatic rings. The van der Waals surface area contributed by atoms with E-state index in [9.17, 15) is 5.21 Å². The second-order valence-electron chi connectivity index (χ2n) is 5.54. The molecule has 0 radical (unpaired) electrons. The van der Waals surface area contributed by atoms with E-state index in [1.807, 2.05) is 24.3 Å². The first-order chi connectivity index (χ1) is 11.1. The smallest absolute Gasteiger partial charge is 0.245 e. The van der Waals surface area contributed by atoms with Gasteiger partial charge in [-0.05, 0) is 42.2 Å². The SMILES string of the molecule is C=COc1ccc([N+]([O-])=Nc2ccc(CC(C)CC)cc2)cc1. The Morgan fingerprint density at radius 2 is 1.83 bits per heavy atom. The van der Waals surface area contributed by atoms with E-state index < -0.39 is 0 Å². The van der Waals surface area contributed by atoms with Crippen molar-refractivity contribution in [2.45, 2.75) is 26.7 Å². The molecule has 0 aromatic heterocycles. The highest BCUT2D eigenvalue weighted by molar-refractivity contribution is 5.39. The van der Waals surface area contributed by atoms with Crippen molar-refractivity contribution >= 4 is 11.4 Å². The van der Waals surface area contributed by atoms with Crippen molar-refractivity contribution in [2.75, 3.05) is 0 Å². The summed E-state index contributed by atoms with van der Waals surface area (Å²) in [6.07, 6.45) is 3.55. The normalized spacial score (nSPS) is 12.7. The predicted octanol–water partition coefficient (Wildman–Crippen LogP) is 5.72. The molecule has 1 unspecified atom stereocenters. The van der Waals surface area contributed by atoms with Crippen molar-refractivity contribution in [1.29, 1.82) is 0 Å². The lowest BCUT2D eigenvalue weighted by Crippen LogP contribution is -1.97. The third-order valence-electron chi connectivity index (χ3n) is 3.70. The second-order valence-corrected chi connectivity index (χ2v) is 5.54. The van der Waals surface area contributed by atoms with E-state index in [2.05, 4.69) is 25.5 Å².